The third-order valence-corrected chi connectivity index (χ3v) is 2.92. The highest BCUT2D eigenvalue weighted by atomic mass is 32.3. The minimum Gasteiger partial charge on any atom is -0.388 e. The third-order valence-electron chi connectivity index (χ3n) is 2.92. The number of hydrogen-bond acceptors (Lipinski definition) is 6. The Morgan fingerprint density at radius 3 is 0.760 bits per heavy atom. The van der Waals surface area contributed by atoms with E-state index in [2.05, 4.69) is 21.3 Å². The minimum atomic E-state index is -4.67. The second-order valence-corrected chi connectivity index (χ2v) is 5.50. The van der Waals surface area contributed by atoms with Crippen molar-refractivity contribution in [1.82, 2.24) is 0 Å². The molecule has 9 heteroatoms. The van der Waals surface area contributed by atoms with Gasteiger partial charge in [-0.05, 0) is 48.5 Å². The van der Waals surface area contributed by atoms with Gasteiger partial charge in [0.15, 0.2) is 0 Å². The lowest BCUT2D eigenvalue weighted by Crippen LogP contribution is -1.89. The second kappa shape index (κ2) is 12.0. The van der Waals surface area contributed by atoms with E-state index in [0.717, 1.165) is 22.7 Å². The molecule has 0 amide bonds. The molecule has 25 heavy (non-hydrogen) atoms. The topological polar surface area (TPSA) is 123 Å². The van der Waals surface area contributed by atoms with Crippen LogP contribution in [-0.4, -0.2) is 45.7 Å². The summed E-state index contributed by atoms with van der Waals surface area (Å²) in [6, 6.07) is 16.3. The smallest absolute Gasteiger partial charge is 0.388 e. The second-order valence-electron chi connectivity index (χ2n) is 4.60. The summed E-state index contributed by atoms with van der Waals surface area (Å²) in [6.07, 6.45) is 0. The van der Waals surface area contributed by atoms with Crippen molar-refractivity contribution in [3.05, 3.63) is 48.5 Å². The molecular formula is C16H26N4O4S. The van der Waals surface area contributed by atoms with Gasteiger partial charge in [-0.1, -0.05) is 0 Å². The highest BCUT2D eigenvalue weighted by molar-refractivity contribution is 7.79. The monoisotopic (exact) mass is 370 g/mol. The van der Waals surface area contributed by atoms with Gasteiger partial charge in [0.1, 0.15) is 0 Å². The van der Waals surface area contributed by atoms with Crippen LogP contribution in [0.2, 0.25) is 0 Å². The maximum atomic E-state index is 8.74. The van der Waals surface area contributed by atoms with E-state index in [4.69, 9.17) is 17.5 Å². The van der Waals surface area contributed by atoms with Crippen molar-refractivity contribution in [2.75, 3.05) is 49.5 Å². The van der Waals surface area contributed by atoms with Gasteiger partial charge in [0, 0.05) is 50.9 Å². The van der Waals surface area contributed by atoms with Crippen LogP contribution in [0.1, 0.15) is 0 Å². The van der Waals surface area contributed by atoms with E-state index in [1.165, 1.54) is 0 Å². The lowest BCUT2D eigenvalue weighted by molar-refractivity contribution is 0.381. The average molecular weight is 370 g/mol. The van der Waals surface area contributed by atoms with Gasteiger partial charge >= 0.3 is 10.4 Å². The van der Waals surface area contributed by atoms with Crippen molar-refractivity contribution in [3.63, 3.8) is 0 Å². The van der Waals surface area contributed by atoms with Crippen LogP contribution in [0.4, 0.5) is 22.7 Å². The number of hydrogen-bond donors (Lipinski definition) is 6. The lowest BCUT2D eigenvalue weighted by Gasteiger charge is -2.01. The molecular weight excluding hydrogens is 344 g/mol. The summed E-state index contributed by atoms with van der Waals surface area (Å²) in [5.41, 5.74) is 4.55. The summed E-state index contributed by atoms with van der Waals surface area (Å²) >= 11 is 0. The molecule has 0 radical (unpaired) electrons. The Hall–Kier alpha value is -2.49. The molecule has 0 fully saturated rings. The van der Waals surface area contributed by atoms with E-state index in [9.17, 15) is 0 Å². The molecule has 2 aromatic carbocycles. The molecule has 0 aromatic heterocycles. The standard InChI is InChI=1S/2C8H12N2.H2O4S/c2*1-9-7-3-5-8(10-2)6-4-7;1-5(2,3)4/h2*3-6,9-10H,1-2H3;(H2,1,2,3,4). The maximum Gasteiger partial charge on any atom is 0.394 e. The average Bonchev–Trinajstić information content (AvgIpc) is 2.61. The van der Waals surface area contributed by atoms with Crippen molar-refractivity contribution in [2.24, 2.45) is 0 Å². The van der Waals surface area contributed by atoms with Crippen LogP contribution >= 0.6 is 0 Å². The van der Waals surface area contributed by atoms with E-state index in [-0.39, 0.29) is 0 Å². The molecule has 0 aliphatic rings. The lowest BCUT2D eigenvalue weighted by atomic mass is 10.3. The zero-order valence-electron chi connectivity index (χ0n) is 14.7. The van der Waals surface area contributed by atoms with Crippen LogP contribution in [0.25, 0.3) is 0 Å². The van der Waals surface area contributed by atoms with Crippen LogP contribution in [-0.2, 0) is 10.4 Å². The fourth-order valence-corrected chi connectivity index (χ4v) is 1.61. The van der Waals surface area contributed by atoms with Gasteiger partial charge in [-0.2, -0.15) is 8.42 Å². The Labute approximate surface area is 149 Å². The molecule has 6 N–H and O–H groups in total. The first-order valence-electron chi connectivity index (χ1n) is 7.34. The molecule has 0 bridgehead atoms. The molecule has 0 spiro atoms. The van der Waals surface area contributed by atoms with Crippen molar-refractivity contribution >= 4 is 33.1 Å². The number of rotatable bonds is 4. The van der Waals surface area contributed by atoms with Gasteiger partial charge in [0.2, 0.25) is 0 Å². The number of anilines is 4. The Morgan fingerprint density at radius 1 is 0.560 bits per heavy atom. The molecule has 0 saturated heterocycles. The summed E-state index contributed by atoms with van der Waals surface area (Å²) in [5, 5.41) is 12.2. The van der Waals surface area contributed by atoms with Gasteiger partial charge < -0.3 is 21.3 Å². The molecule has 0 unspecified atom stereocenters. The summed E-state index contributed by atoms with van der Waals surface area (Å²) in [6.45, 7) is 0. The highest BCUT2D eigenvalue weighted by Gasteiger charge is 1.87. The number of benzene rings is 2. The molecule has 0 heterocycles. The van der Waals surface area contributed by atoms with E-state index in [1.807, 2.05) is 76.7 Å². The number of nitrogens with one attached hydrogen (secondary N) is 4. The van der Waals surface area contributed by atoms with Crippen LogP contribution in [0.3, 0.4) is 0 Å². The van der Waals surface area contributed by atoms with E-state index < -0.39 is 10.4 Å². The van der Waals surface area contributed by atoms with Crippen LogP contribution in [0.15, 0.2) is 48.5 Å². The molecule has 0 atom stereocenters. The molecule has 0 saturated carbocycles. The first-order valence-corrected chi connectivity index (χ1v) is 8.74. The van der Waals surface area contributed by atoms with Gasteiger partial charge in [-0.25, -0.2) is 0 Å². The van der Waals surface area contributed by atoms with E-state index >= 15 is 0 Å². The van der Waals surface area contributed by atoms with Gasteiger partial charge in [0.05, 0.1) is 0 Å². The minimum absolute atomic E-state index is 1.14. The van der Waals surface area contributed by atoms with Crippen LogP contribution in [0, 0.1) is 0 Å². The van der Waals surface area contributed by atoms with E-state index in [1.54, 1.807) is 0 Å². The predicted octanol–water partition coefficient (Wildman–Crippen LogP) is 2.89. The Kier molecular flexibility index (Phi) is 10.8. The van der Waals surface area contributed by atoms with Crippen molar-refractivity contribution in [3.8, 4) is 0 Å². The fraction of sp³-hybridized carbons (Fsp3) is 0.250. The third kappa shape index (κ3) is 12.6. The molecule has 140 valence electrons. The molecule has 8 nitrogen and oxygen atoms in total. The van der Waals surface area contributed by atoms with Gasteiger partial charge in [-0.15, -0.1) is 0 Å². The Bertz CT molecular complexity index is 588. The predicted molar refractivity (Wildman–Crippen MR) is 105 cm³/mol. The van der Waals surface area contributed by atoms with Gasteiger partial charge in [0.25, 0.3) is 0 Å². The summed E-state index contributed by atoms with van der Waals surface area (Å²) in [4.78, 5) is 0. The molecule has 0 aliphatic carbocycles. The van der Waals surface area contributed by atoms with Crippen LogP contribution < -0.4 is 21.3 Å². The normalized spacial score (nSPS) is 9.52. The zero-order valence-corrected chi connectivity index (χ0v) is 15.6. The fourth-order valence-electron chi connectivity index (χ4n) is 1.61. The molecule has 2 rings (SSSR count). The first-order chi connectivity index (χ1) is 11.7. The summed E-state index contributed by atoms with van der Waals surface area (Å²) in [7, 11) is 2.98. The van der Waals surface area contributed by atoms with Gasteiger partial charge in [-0.3, -0.25) is 9.11 Å². The first kappa shape index (κ1) is 22.5. The van der Waals surface area contributed by atoms with Crippen molar-refractivity contribution in [1.29, 1.82) is 0 Å². The molecule has 0 aliphatic heterocycles. The van der Waals surface area contributed by atoms with E-state index in [0.29, 0.717) is 0 Å². The van der Waals surface area contributed by atoms with Crippen LogP contribution in [0.5, 0.6) is 0 Å². The largest absolute Gasteiger partial charge is 0.394 e. The Morgan fingerprint density at radius 2 is 0.680 bits per heavy atom. The zero-order chi connectivity index (χ0) is 19.3. The maximum absolute atomic E-state index is 8.74. The summed E-state index contributed by atoms with van der Waals surface area (Å²) in [5.74, 6) is 0. The Balaban J connectivity index is 0.000000368. The quantitative estimate of drug-likeness (QED) is 0.454. The molecule has 2 aromatic rings. The summed E-state index contributed by atoms with van der Waals surface area (Å²) < 4.78 is 31.6. The highest BCUT2D eigenvalue weighted by Crippen LogP contribution is 2.12. The van der Waals surface area contributed by atoms with Crippen molar-refractivity contribution in [2.45, 2.75) is 0 Å². The van der Waals surface area contributed by atoms with Crippen molar-refractivity contribution < 1.29 is 17.5 Å². The SMILES string of the molecule is CNc1ccc(NC)cc1.CNc1ccc(NC)cc1.O=S(=O)(O)O.